The number of aliphatic hydroxyl groups excluding tert-OH is 1. The maximum atomic E-state index is 11.0. The highest BCUT2D eigenvalue weighted by molar-refractivity contribution is 5.85. The third-order valence-electron chi connectivity index (χ3n) is 4.56. The minimum Gasteiger partial charge on any atom is -0.397 e. The summed E-state index contributed by atoms with van der Waals surface area (Å²) < 4.78 is 4.25. The van der Waals surface area contributed by atoms with Crippen LogP contribution in [0.5, 0.6) is 0 Å². The number of nitrogens with two attached hydrogens (primary N) is 1. The molecule has 5 heteroatoms. The molecule has 0 aliphatic heterocycles. The molecule has 0 radical (unpaired) electrons. The number of hydrogen-bond acceptors (Lipinski definition) is 4. The molecule has 1 unspecified atom stereocenters. The summed E-state index contributed by atoms with van der Waals surface area (Å²) in [4.78, 5) is 11.0. The summed E-state index contributed by atoms with van der Waals surface area (Å²) in [5.41, 5.74) is 11.4. The Morgan fingerprint density at radius 1 is 0.931 bits per heavy atom. The fourth-order valence-electron chi connectivity index (χ4n) is 3.27. The van der Waals surface area contributed by atoms with Crippen LogP contribution in [0.4, 0.5) is 0 Å². The second kappa shape index (κ2) is 16.1. The molecule has 0 amide bonds. The smallest absolute Gasteiger partial charge is 0.137 e. The van der Waals surface area contributed by atoms with Gasteiger partial charge in [-0.2, -0.15) is 0 Å². The van der Waals surface area contributed by atoms with Crippen molar-refractivity contribution in [3.63, 3.8) is 0 Å². The molecule has 2 aromatic rings. The van der Waals surface area contributed by atoms with Gasteiger partial charge in [0.15, 0.2) is 0 Å². The molecule has 0 saturated carbocycles. The number of methoxy groups -OCH3 is 1. The number of rotatable bonds is 0. The van der Waals surface area contributed by atoms with Crippen LogP contribution in [0.25, 0.3) is 0 Å². The largest absolute Gasteiger partial charge is 0.397 e. The van der Waals surface area contributed by atoms with E-state index in [0.717, 1.165) is 32.1 Å². The zero-order valence-corrected chi connectivity index (χ0v) is 18.7. The average Bonchev–Trinajstić information content (AvgIpc) is 2.69. The number of aliphatic hydroxyl groups is 1. The van der Waals surface area contributed by atoms with Gasteiger partial charge in [0.25, 0.3) is 0 Å². The molecule has 4 rings (SSSR count). The van der Waals surface area contributed by atoms with Gasteiger partial charge in [-0.3, -0.25) is 4.79 Å². The summed E-state index contributed by atoms with van der Waals surface area (Å²) in [5, 5.41) is 7.57. The van der Waals surface area contributed by atoms with Gasteiger partial charge in [0.1, 0.15) is 5.78 Å². The van der Waals surface area contributed by atoms with Crippen molar-refractivity contribution in [2.24, 2.45) is 5.73 Å². The van der Waals surface area contributed by atoms with Gasteiger partial charge in [-0.1, -0.05) is 48.5 Å². The van der Waals surface area contributed by atoms with Gasteiger partial charge in [0, 0.05) is 39.7 Å². The fourth-order valence-corrected chi connectivity index (χ4v) is 3.27. The molecule has 0 aromatic heterocycles. The summed E-state index contributed by atoms with van der Waals surface area (Å²) >= 11 is 0. The first-order valence-electron chi connectivity index (χ1n) is 9.97. The minimum atomic E-state index is 0. The summed E-state index contributed by atoms with van der Waals surface area (Å²) in [7, 11) is 3.25. The van der Waals surface area contributed by atoms with Crippen LogP contribution in [-0.4, -0.2) is 37.8 Å². The van der Waals surface area contributed by atoms with E-state index < -0.39 is 0 Å². The van der Waals surface area contributed by atoms with Gasteiger partial charge in [0.2, 0.25) is 0 Å². The maximum Gasteiger partial charge on any atom is 0.137 e. The van der Waals surface area contributed by atoms with E-state index in [0.29, 0.717) is 18.2 Å². The SMILES string of the molecule is CCO.COC.Cl.NC1CCc2ccccc2C1.O=C1CCc2ccccc2C1. The number of hydrogen-bond donors (Lipinski definition) is 2. The monoisotopic (exact) mass is 421 g/mol. The van der Waals surface area contributed by atoms with E-state index in [4.69, 9.17) is 10.8 Å². The van der Waals surface area contributed by atoms with E-state index in [2.05, 4.69) is 35.1 Å². The number of benzene rings is 2. The summed E-state index contributed by atoms with van der Waals surface area (Å²) in [6.45, 7) is 1.93. The average molecular weight is 422 g/mol. The number of ketones is 1. The minimum absolute atomic E-state index is 0. The van der Waals surface area contributed by atoms with Crippen LogP contribution in [0.15, 0.2) is 48.5 Å². The normalized spacial score (nSPS) is 16.0. The molecule has 0 saturated heterocycles. The van der Waals surface area contributed by atoms with Crippen molar-refractivity contribution in [3.05, 3.63) is 70.8 Å². The lowest BCUT2D eigenvalue weighted by molar-refractivity contribution is -0.118. The highest BCUT2D eigenvalue weighted by atomic mass is 35.5. The number of halogens is 1. The quantitative estimate of drug-likeness (QED) is 0.675. The van der Waals surface area contributed by atoms with Gasteiger partial charge < -0.3 is 15.6 Å². The molecule has 0 spiro atoms. The molecule has 1 atom stereocenters. The lowest BCUT2D eigenvalue weighted by Gasteiger charge is -2.20. The molecule has 0 fully saturated rings. The fraction of sp³-hybridized carbons (Fsp3) is 0.458. The lowest BCUT2D eigenvalue weighted by atomic mass is 9.89. The van der Waals surface area contributed by atoms with Crippen molar-refractivity contribution in [2.75, 3.05) is 20.8 Å². The van der Waals surface area contributed by atoms with E-state index in [1.807, 2.05) is 18.2 Å². The topological polar surface area (TPSA) is 72.6 Å². The number of carbonyl (C=O) groups excluding carboxylic acids is 1. The molecule has 2 aliphatic rings. The zero-order chi connectivity index (χ0) is 20.8. The van der Waals surface area contributed by atoms with Gasteiger partial charge in [-0.15, -0.1) is 12.4 Å². The van der Waals surface area contributed by atoms with Crippen LogP contribution in [0.1, 0.15) is 42.0 Å². The Bertz CT molecular complexity index is 704. The Labute approximate surface area is 181 Å². The first-order chi connectivity index (χ1) is 13.5. The number of Topliss-reactive ketones (excluding diaryl/α,β-unsaturated/α-hetero) is 1. The Hall–Kier alpha value is -1.72. The first-order valence-corrected chi connectivity index (χ1v) is 9.97. The number of aryl methyl sites for hydroxylation is 2. The van der Waals surface area contributed by atoms with Gasteiger partial charge in [-0.25, -0.2) is 0 Å². The first kappa shape index (κ1) is 27.3. The number of fused-ring (bicyclic) bond motifs is 2. The molecule has 4 nitrogen and oxygen atoms in total. The van der Waals surface area contributed by atoms with Gasteiger partial charge in [-0.05, 0) is 54.9 Å². The molecule has 0 heterocycles. The Balaban J connectivity index is 0.000000416. The second-order valence-corrected chi connectivity index (χ2v) is 6.98. The molecule has 3 N–H and O–H groups in total. The predicted molar refractivity (Wildman–Crippen MR) is 123 cm³/mol. The Morgan fingerprint density at radius 2 is 1.38 bits per heavy atom. The van der Waals surface area contributed by atoms with E-state index in [9.17, 15) is 4.79 Å². The highest BCUT2D eigenvalue weighted by Crippen LogP contribution is 2.19. The van der Waals surface area contributed by atoms with Crippen molar-refractivity contribution in [1.29, 1.82) is 0 Å². The van der Waals surface area contributed by atoms with Gasteiger partial charge in [0.05, 0.1) is 0 Å². The zero-order valence-electron chi connectivity index (χ0n) is 17.9. The maximum absolute atomic E-state index is 11.0. The molecular formula is C24H36ClNO3. The molecule has 2 aliphatic carbocycles. The van der Waals surface area contributed by atoms with Crippen LogP contribution < -0.4 is 5.73 Å². The standard InChI is InChI=1S/C10H13N.C10H10O.2C2H6O.ClH/c2*11-10-6-5-8-3-1-2-4-9(8)7-10;1-3-2;1-2-3;/h1-4,10H,5-7,11H2;1-4H,5-7H2;1-2H3;3H,2H2,1H3;1H. The lowest BCUT2D eigenvalue weighted by Crippen LogP contribution is -2.27. The molecular weight excluding hydrogens is 386 g/mol. The Kier molecular flexibility index (Phi) is 15.2. The second-order valence-electron chi connectivity index (χ2n) is 6.98. The van der Waals surface area contributed by atoms with Crippen molar-refractivity contribution in [3.8, 4) is 0 Å². The summed E-state index contributed by atoms with van der Waals surface area (Å²) in [6, 6.07) is 17.2. The van der Waals surface area contributed by atoms with Crippen LogP contribution in [0.2, 0.25) is 0 Å². The van der Waals surface area contributed by atoms with Crippen molar-refractivity contribution >= 4 is 18.2 Å². The van der Waals surface area contributed by atoms with E-state index in [1.54, 1.807) is 21.1 Å². The molecule has 2 aromatic carbocycles. The third-order valence-corrected chi connectivity index (χ3v) is 4.56. The highest BCUT2D eigenvalue weighted by Gasteiger charge is 2.14. The molecule has 162 valence electrons. The number of carbonyl (C=O) groups is 1. The van der Waals surface area contributed by atoms with Crippen LogP contribution in [0.3, 0.4) is 0 Å². The van der Waals surface area contributed by atoms with Crippen LogP contribution in [-0.2, 0) is 35.2 Å². The summed E-state index contributed by atoms with van der Waals surface area (Å²) in [5.74, 6) is 0.378. The number of ether oxygens (including phenoxy) is 1. The van der Waals surface area contributed by atoms with Crippen molar-refractivity contribution in [2.45, 2.75) is 51.5 Å². The van der Waals surface area contributed by atoms with Gasteiger partial charge >= 0.3 is 0 Å². The van der Waals surface area contributed by atoms with Crippen molar-refractivity contribution in [1.82, 2.24) is 0 Å². The summed E-state index contributed by atoms with van der Waals surface area (Å²) in [6.07, 6.45) is 5.70. The van der Waals surface area contributed by atoms with E-state index in [-0.39, 0.29) is 19.0 Å². The molecule has 0 bridgehead atoms. The van der Waals surface area contributed by atoms with Crippen LogP contribution >= 0.6 is 12.4 Å². The Morgan fingerprint density at radius 3 is 1.93 bits per heavy atom. The van der Waals surface area contributed by atoms with E-state index in [1.165, 1.54) is 22.3 Å². The van der Waals surface area contributed by atoms with E-state index >= 15 is 0 Å². The third kappa shape index (κ3) is 10.6. The molecule has 29 heavy (non-hydrogen) atoms. The van der Waals surface area contributed by atoms with Crippen LogP contribution in [0, 0.1) is 0 Å². The van der Waals surface area contributed by atoms with Crippen molar-refractivity contribution < 1.29 is 14.6 Å². The predicted octanol–water partition coefficient (Wildman–Crippen LogP) is 3.93.